The van der Waals surface area contributed by atoms with Gasteiger partial charge in [-0.3, -0.25) is 14.9 Å². The van der Waals surface area contributed by atoms with E-state index in [1.807, 2.05) is 24.3 Å². The molecular weight excluding hydrogens is 268 g/mol. The number of carbonyl (C=O) groups excluding carboxylic acids is 1. The number of anilines is 1. The largest absolute Gasteiger partial charge is 0.308 e. The quantitative estimate of drug-likeness (QED) is 0.628. The van der Waals surface area contributed by atoms with Crippen LogP contribution < -0.4 is 4.90 Å². The third kappa shape index (κ3) is 2.27. The van der Waals surface area contributed by atoms with Crippen molar-refractivity contribution in [2.45, 2.75) is 13.3 Å². The minimum Gasteiger partial charge on any atom is -0.308 e. The van der Waals surface area contributed by atoms with Crippen LogP contribution in [-0.2, 0) is 6.42 Å². The van der Waals surface area contributed by atoms with Gasteiger partial charge in [-0.1, -0.05) is 18.2 Å². The number of benzene rings is 2. The number of amides is 1. The van der Waals surface area contributed by atoms with E-state index >= 15 is 0 Å². The van der Waals surface area contributed by atoms with Crippen LogP contribution in [0.1, 0.15) is 21.5 Å². The Balaban J connectivity index is 1.94. The highest BCUT2D eigenvalue weighted by Crippen LogP contribution is 2.29. The Kier molecular flexibility index (Phi) is 3.17. The average molecular weight is 282 g/mol. The Hall–Kier alpha value is -2.69. The van der Waals surface area contributed by atoms with Crippen LogP contribution in [0, 0.1) is 17.0 Å². The zero-order valence-electron chi connectivity index (χ0n) is 11.6. The van der Waals surface area contributed by atoms with Gasteiger partial charge in [0.1, 0.15) is 0 Å². The molecule has 2 aromatic rings. The molecule has 106 valence electrons. The van der Waals surface area contributed by atoms with Gasteiger partial charge in [0, 0.05) is 29.4 Å². The number of carbonyl (C=O) groups is 1. The maximum absolute atomic E-state index is 12.6. The third-order valence-electron chi connectivity index (χ3n) is 3.77. The number of aryl methyl sites for hydroxylation is 1. The molecule has 0 spiro atoms. The fourth-order valence-electron chi connectivity index (χ4n) is 2.70. The standard InChI is InChI=1S/C16H14N2O3/c1-11-10-13(6-7-14(11)18(20)21)16(19)17-9-8-12-4-2-3-5-15(12)17/h2-7,10H,8-9H2,1H3. The monoisotopic (exact) mass is 282 g/mol. The average Bonchev–Trinajstić information content (AvgIpc) is 2.90. The molecule has 0 saturated carbocycles. The number of hydrogen-bond acceptors (Lipinski definition) is 3. The molecule has 0 saturated heterocycles. The number of nitrogens with zero attached hydrogens (tertiary/aromatic N) is 2. The number of para-hydroxylation sites is 1. The van der Waals surface area contributed by atoms with Gasteiger partial charge in [-0.25, -0.2) is 0 Å². The van der Waals surface area contributed by atoms with Crippen molar-refractivity contribution in [3.8, 4) is 0 Å². The topological polar surface area (TPSA) is 63.5 Å². The Morgan fingerprint density at radius 3 is 2.71 bits per heavy atom. The van der Waals surface area contributed by atoms with E-state index in [0.29, 0.717) is 17.7 Å². The summed E-state index contributed by atoms with van der Waals surface area (Å²) in [6.07, 6.45) is 0.841. The van der Waals surface area contributed by atoms with Crippen molar-refractivity contribution in [2.24, 2.45) is 0 Å². The van der Waals surface area contributed by atoms with Crippen molar-refractivity contribution in [1.82, 2.24) is 0 Å². The molecule has 5 nitrogen and oxygen atoms in total. The van der Waals surface area contributed by atoms with E-state index in [1.54, 1.807) is 17.9 Å². The van der Waals surface area contributed by atoms with E-state index in [2.05, 4.69) is 0 Å². The van der Waals surface area contributed by atoms with Gasteiger partial charge in [-0.2, -0.15) is 0 Å². The molecule has 1 aliphatic rings. The first-order valence-corrected chi connectivity index (χ1v) is 6.73. The Labute approximate surface area is 122 Å². The summed E-state index contributed by atoms with van der Waals surface area (Å²) in [6.45, 7) is 2.29. The first-order valence-electron chi connectivity index (χ1n) is 6.73. The summed E-state index contributed by atoms with van der Waals surface area (Å²) >= 11 is 0. The molecule has 5 heteroatoms. The Morgan fingerprint density at radius 2 is 2.00 bits per heavy atom. The number of hydrogen-bond donors (Lipinski definition) is 0. The van der Waals surface area contributed by atoms with E-state index < -0.39 is 4.92 Å². The molecule has 0 atom stereocenters. The van der Waals surface area contributed by atoms with Gasteiger partial charge in [0.15, 0.2) is 0 Å². The maximum Gasteiger partial charge on any atom is 0.272 e. The minimum atomic E-state index is -0.436. The molecule has 0 fully saturated rings. The normalized spacial score (nSPS) is 13.1. The van der Waals surface area contributed by atoms with Gasteiger partial charge in [-0.05, 0) is 37.1 Å². The van der Waals surface area contributed by atoms with E-state index in [0.717, 1.165) is 17.7 Å². The summed E-state index contributed by atoms with van der Waals surface area (Å²) in [7, 11) is 0. The molecule has 0 bridgehead atoms. The van der Waals surface area contributed by atoms with Gasteiger partial charge in [0.2, 0.25) is 0 Å². The van der Waals surface area contributed by atoms with Crippen LogP contribution in [0.4, 0.5) is 11.4 Å². The summed E-state index contributed by atoms with van der Waals surface area (Å²) in [5.41, 5.74) is 3.10. The summed E-state index contributed by atoms with van der Waals surface area (Å²) < 4.78 is 0. The predicted octanol–water partition coefficient (Wildman–Crippen LogP) is 3.11. The number of nitro benzene ring substituents is 1. The van der Waals surface area contributed by atoms with Gasteiger partial charge in [0.25, 0.3) is 11.6 Å². The van der Waals surface area contributed by atoms with Crippen molar-refractivity contribution in [3.63, 3.8) is 0 Å². The van der Waals surface area contributed by atoms with Crippen molar-refractivity contribution in [2.75, 3.05) is 11.4 Å². The van der Waals surface area contributed by atoms with Gasteiger partial charge in [-0.15, -0.1) is 0 Å². The van der Waals surface area contributed by atoms with Gasteiger partial charge >= 0.3 is 0 Å². The van der Waals surface area contributed by atoms with Crippen LogP contribution in [0.25, 0.3) is 0 Å². The Morgan fingerprint density at radius 1 is 1.24 bits per heavy atom. The molecule has 0 radical (unpaired) electrons. The second-order valence-electron chi connectivity index (χ2n) is 5.09. The number of rotatable bonds is 2. The lowest BCUT2D eigenvalue weighted by Gasteiger charge is -2.17. The van der Waals surface area contributed by atoms with Crippen LogP contribution in [0.15, 0.2) is 42.5 Å². The molecule has 2 aromatic carbocycles. The van der Waals surface area contributed by atoms with E-state index in [9.17, 15) is 14.9 Å². The molecule has 0 aliphatic carbocycles. The van der Waals surface area contributed by atoms with E-state index in [4.69, 9.17) is 0 Å². The highest BCUT2D eigenvalue weighted by atomic mass is 16.6. The first kappa shape index (κ1) is 13.3. The van der Waals surface area contributed by atoms with Crippen molar-refractivity contribution < 1.29 is 9.72 Å². The van der Waals surface area contributed by atoms with Gasteiger partial charge < -0.3 is 4.90 Å². The second kappa shape index (κ2) is 5.01. The lowest BCUT2D eigenvalue weighted by atomic mass is 10.1. The highest BCUT2D eigenvalue weighted by molar-refractivity contribution is 6.07. The highest BCUT2D eigenvalue weighted by Gasteiger charge is 2.25. The molecule has 0 unspecified atom stereocenters. The fourth-order valence-corrected chi connectivity index (χ4v) is 2.70. The molecule has 1 amide bonds. The van der Waals surface area contributed by atoms with Crippen LogP contribution in [0.2, 0.25) is 0 Å². The lowest BCUT2D eigenvalue weighted by Crippen LogP contribution is -2.28. The molecular formula is C16H14N2O3. The van der Waals surface area contributed by atoms with Gasteiger partial charge in [0.05, 0.1) is 4.92 Å². The maximum atomic E-state index is 12.6. The summed E-state index contributed by atoms with van der Waals surface area (Å²) in [4.78, 5) is 24.7. The zero-order valence-corrected chi connectivity index (χ0v) is 11.6. The lowest BCUT2D eigenvalue weighted by molar-refractivity contribution is -0.385. The molecule has 0 N–H and O–H groups in total. The summed E-state index contributed by atoms with van der Waals surface area (Å²) in [6, 6.07) is 12.3. The van der Waals surface area contributed by atoms with E-state index in [-0.39, 0.29) is 11.6 Å². The molecule has 0 aromatic heterocycles. The number of nitro groups is 1. The Bertz CT molecular complexity index is 740. The second-order valence-corrected chi connectivity index (χ2v) is 5.09. The predicted molar refractivity (Wildman–Crippen MR) is 79.7 cm³/mol. The smallest absolute Gasteiger partial charge is 0.272 e. The zero-order chi connectivity index (χ0) is 15.0. The third-order valence-corrected chi connectivity index (χ3v) is 3.77. The van der Waals surface area contributed by atoms with Crippen molar-refractivity contribution >= 4 is 17.3 Å². The van der Waals surface area contributed by atoms with Crippen LogP contribution in [0.3, 0.4) is 0 Å². The molecule has 1 heterocycles. The first-order chi connectivity index (χ1) is 10.1. The molecule has 1 aliphatic heterocycles. The molecule has 21 heavy (non-hydrogen) atoms. The van der Waals surface area contributed by atoms with Crippen LogP contribution in [-0.4, -0.2) is 17.4 Å². The van der Waals surface area contributed by atoms with Crippen LogP contribution >= 0.6 is 0 Å². The minimum absolute atomic E-state index is 0.0355. The summed E-state index contributed by atoms with van der Waals surface area (Å²) in [5, 5.41) is 10.8. The van der Waals surface area contributed by atoms with E-state index in [1.165, 1.54) is 12.1 Å². The van der Waals surface area contributed by atoms with Crippen LogP contribution in [0.5, 0.6) is 0 Å². The SMILES string of the molecule is Cc1cc(C(=O)N2CCc3ccccc32)ccc1[N+](=O)[O-]. The summed E-state index contributed by atoms with van der Waals surface area (Å²) in [5.74, 6) is -0.113. The van der Waals surface area contributed by atoms with Crippen molar-refractivity contribution in [1.29, 1.82) is 0 Å². The van der Waals surface area contributed by atoms with Crippen molar-refractivity contribution in [3.05, 3.63) is 69.3 Å². The number of fused-ring (bicyclic) bond motifs is 1. The fraction of sp³-hybridized carbons (Fsp3) is 0.188. The molecule has 3 rings (SSSR count).